The van der Waals surface area contributed by atoms with Crippen molar-refractivity contribution >= 4 is 51.0 Å². The van der Waals surface area contributed by atoms with Crippen LogP contribution in [0.2, 0.25) is 5.02 Å². The highest BCUT2D eigenvalue weighted by Gasteiger charge is 2.28. The number of carbonyl (C=O) groups is 1. The second kappa shape index (κ2) is 16.0. The molecule has 0 amide bonds. The highest BCUT2D eigenvalue weighted by atomic mass is 35.5. The van der Waals surface area contributed by atoms with Crippen LogP contribution in [0.3, 0.4) is 0 Å². The number of benzene rings is 3. The molecule has 0 spiro atoms. The van der Waals surface area contributed by atoms with Gasteiger partial charge in [0.25, 0.3) is 0 Å². The maximum atomic E-state index is 14.4. The minimum Gasteiger partial charge on any atom is -0.493 e. The molecule has 3 aromatic heterocycles. The van der Waals surface area contributed by atoms with E-state index in [-0.39, 0.29) is 5.82 Å². The molecule has 3 aromatic carbocycles. The Morgan fingerprint density at radius 2 is 1.85 bits per heavy atom. The van der Waals surface area contributed by atoms with Crippen molar-refractivity contribution in [3.63, 3.8) is 0 Å². The number of halogens is 2. The third kappa shape index (κ3) is 7.50. The second-order valence-electron chi connectivity index (χ2n) is 14.8. The molecule has 8 bridgehead atoms. The van der Waals surface area contributed by atoms with E-state index in [9.17, 15) is 9.18 Å². The summed E-state index contributed by atoms with van der Waals surface area (Å²) in [5.41, 5.74) is 9.38. The van der Waals surface area contributed by atoms with Crippen molar-refractivity contribution in [2.75, 3.05) is 26.9 Å². The van der Waals surface area contributed by atoms with Gasteiger partial charge >= 0.3 is 5.97 Å². The Morgan fingerprint density at radius 3 is 2.67 bits per heavy atom. The molecule has 0 aliphatic carbocycles. The Morgan fingerprint density at radius 1 is 1.02 bits per heavy atom. The van der Waals surface area contributed by atoms with Crippen molar-refractivity contribution in [3.05, 3.63) is 99.0 Å². The van der Waals surface area contributed by atoms with Crippen LogP contribution in [-0.2, 0) is 54.0 Å². The van der Waals surface area contributed by atoms with E-state index in [0.717, 1.165) is 124 Å². The van der Waals surface area contributed by atoms with Crippen LogP contribution < -0.4 is 4.74 Å². The monoisotopic (exact) mass is 783 g/mol. The van der Waals surface area contributed by atoms with Gasteiger partial charge in [0.1, 0.15) is 17.3 Å². The lowest BCUT2D eigenvalue weighted by molar-refractivity contribution is 0.0587. The predicted molar refractivity (Wildman–Crippen MR) is 217 cm³/mol. The molecule has 12 heteroatoms. The summed E-state index contributed by atoms with van der Waals surface area (Å²) in [4.78, 5) is 13.5. The molecule has 6 aromatic rings. The largest absolute Gasteiger partial charge is 0.493 e. The summed E-state index contributed by atoms with van der Waals surface area (Å²) in [6.07, 6.45) is 5.31. The average molecular weight is 784 g/mol. The first-order valence-electron chi connectivity index (χ1n) is 19.2. The number of thioether (sulfide) groups is 1. The standard InChI is InChI=1S/C43H47ClFN5O4S/c1-26-39-36-11-10-35(44)41(39)40-27(2)46-50(16-12-28-13-18-53-19-14-28)37(40)25-55-24-32-23-33(48(3)47-32)8-6-29-20-30-22-31(45)7-9-34(30)38(21-29)54-17-5-15-49(36)42(26)43(51)52-4/h7,9-11,20-23,28H,5-6,8,12-19,24-25H2,1-4H3. The zero-order chi connectivity index (χ0) is 38.2. The van der Waals surface area contributed by atoms with Gasteiger partial charge in [0.2, 0.25) is 0 Å². The summed E-state index contributed by atoms with van der Waals surface area (Å²) in [6.45, 7) is 7.38. The molecule has 2 aliphatic heterocycles. The molecular formula is C43H47ClFN5O4S. The molecule has 0 atom stereocenters. The fraction of sp³-hybridized carbons (Fsp3) is 0.419. The summed E-state index contributed by atoms with van der Waals surface area (Å²) in [5.74, 6) is 2.07. The molecule has 0 N–H and O–H groups in total. The summed E-state index contributed by atoms with van der Waals surface area (Å²) < 4.78 is 38.1. The first-order valence-corrected chi connectivity index (χ1v) is 20.7. The minimum absolute atomic E-state index is 0.282. The number of hydrogen-bond donors (Lipinski definition) is 0. The molecule has 288 valence electrons. The number of esters is 1. The lowest BCUT2D eigenvalue weighted by atomic mass is 9.96. The lowest BCUT2D eigenvalue weighted by Crippen LogP contribution is -2.18. The number of rotatable bonds is 4. The average Bonchev–Trinajstić information content (AvgIpc) is 3.79. The Labute approximate surface area is 330 Å². The number of hydrogen-bond acceptors (Lipinski definition) is 7. The first-order chi connectivity index (χ1) is 26.7. The number of aryl methyl sites for hydroxylation is 7. The van der Waals surface area contributed by atoms with E-state index in [1.807, 2.05) is 47.1 Å². The molecule has 0 radical (unpaired) electrons. The normalized spacial score (nSPS) is 15.9. The maximum Gasteiger partial charge on any atom is 0.354 e. The van der Waals surface area contributed by atoms with Crippen LogP contribution in [0.1, 0.15) is 70.1 Å². The maximum absolute atomic E-state index is 14.4. The Balaban J connectivity index is 1.24. The molecule has 1 fully saturated rings. The van der Waals surface area contributed by atoms with Gasteiger partial charge in [0.05, 0.1) is 30.8 Å². The fourth-order valence-electron chi connectivity index (χ4n) is 8.51. The number of carbonyl (C=O) groups excluding carboxylic acids is 1. The summed E-state index contributed by atoms with van der Waals surface area (Å²) >= 11 is 9.04. The van der Waals surface area contributed by atoms with Gasteiger partial charge in [-0.15, -0.1) is 11.8 Å². The molecule has 2 aliphatic rings. The van der Waals surface area contributed by atoms with Crippen LogP contribution in [0.4, 0.5) is 4.39 Å². The van der Waals surface area contributed by atoms with Gasteiger partial charge in [-0.25, -0.2) is 9.18 Å². The van der Waals surface area contributed by atoms with Gasteiger partial charge in [-0.1, -0.05) is 17.7 Å². The van der Waals surface area contributed by atoms with Crippen LogP contribution in [0, 0.1) is 25.6 Å². The molecular weight excluding hydrogens is 737 g/mol. The van der Waals surface area contributed by atoms with Gasteiger partial charge in [-0.3, -0.25) is 9.36 Å². The number of methoxy groups -OCH3 is 1. The Bertz CT molecular complexity index is 2390. The van der Waals surface area contributed by atoms with E-state index in [0.29, 0.717) is 47.7 Å². The summed E-state index contributed by atoms with van der Waals surface area (Å²) in [6, 6.07) is 15.1. The zero-order valence-corrected chi connectivity index (χ0v) is 33.5. The summed E-state index contributed by atoms with van der Waals surface area (Å²) in [7, 11) is 3.42. The third-order valence-electron chi connectivity index (χ3n) is 11.3. The van der Waals surface area contributed by atoms with Crippen molar-refractivity contribution in [1.29, 1.82) is 0 Å². The molecule has 55 heavy (non-hydrogen) atoms. The topological polar surface area (TPSA) is 85.3 Å². The first kappa shape index (κ1) is 37.6. The number of ether oxygens (including phenoxy) is 3. The second-order valence-corrected chi connectivity index (χ2v) is 16.2. The smallest absolute Gasteiger partial charge is 0.354 e. The Kier molecular flexibility index (Phi) is 11.0. The van der Waals surface area contributed by atoms with E-state index in [1.165, 1.54) is 13.2 Å². The third-order valence-corrected chi connectivity index (χ3v) is 12.6. The van der Waals surface area contributed by atoms with Crippen molar-refractivity contribution in [2.24, 2.45) is 13.0 Å². The Hall–Kier alpha value is -4.32. The van der Waals surface area contributed by atoms with Gasteiger partial charge < -0.3 is 18.8 Å². The van der Waals surface area contributed by atoms with E-state index in [1.54, 1.807) is 12.1 Å². The molecule has 5 heterocycles. The SMILES string of the molecule is COC(=O)c1c(C)c2c3c(Cl)ccc2n1CCCOc1cc(cc2cc(F)ccc12)CCc1cc(nn1C)CSCc1c-3c(C)nn1CCC1CCOCC1. The van der Waals surface area contributed by atoms with Gasteiger partial charge in [-0.05, 0) is 117 Å². The van der Waals surface area contributed by atoms with Crippen LogP contribution in [0.5, 0.6) is 5.75 Å². The van der Waals surface area contributed by atoms with Gasteiger partial charge in [-0.2, -0.15) is 10.2 Å². The summed E-state index contributed by atoms with van der Waals surface area (Å²) in [5, 5.41) is 13.3. The van der Waals surface area contributed by atoms with Gasteiger partial charge in [0, 0.05) is 83.0 Å². The molecule has 1 saturated heterocycles. The number of nitrogens with zero attached hydrogens (tertiary/aromatic N) is 5. The van der Waals surface area contributed by atoms with Crippen LogP contribution in [-0.4, -0.2) is 57.0 Å². The van der Waals surface area contributed by atoms with Crippen molar-refractivity contribution in [2.45, 2.75) is 77.0 Å². The van der Waals surface area contributed by atoms with E-state index in [2.05, 4.69) is 29.8 Å². The molecule has 0 saturated carbocycles. The fourth-order valence-corrected chi connectivity index (χ4v) is 9.70. The van der Waals surface area contributed by atoms with E-state index >= 15 is 0 Å². The van der Waals surface area contributed by atoms with Crippen LogP contribution in [0.15, 0.2) is 48.5 Å². The van der Waals surface area contributed by atoms with Gasteiger partial charge in [0.15, 0.2) is 0 Å². The van der Waals surface area contributed by atoms with Crippen LogP contribution >= 0.6 is 23.4 Å². The number of fused-ring (bicyclic) bond motifs is 8. The highest BCUT2D eigenvalue weighted by molar-refractivity contribution is 7.97. The predicted octanol–water partition coefficient (Wildman–Crippen LogP) is 9.41. The zero-order valence-electron chi connectivity index (χ0n) is 31.9. The van der Waals surface area contributed by atoms with Crippen LogP contribution in [0.25, 0.3) is 32.8 Å². The van der Waals surface area contributed by atoms with E-state index < -0.39 is 5.97 Å². The highest BCUT2D eigenvalue weighted by Crippen LogP contribution is 2.44. The van der Waals surface area contributed by atoms with Crippen molar-refractivity contribution in [1.82, 2.24) is 24.1 Å². The molecule has 8 rings (SSSR count). The lowest BCUT2D eigenvalue weighted by Gasteiger charge is -2.22. The number of aromatic nitrogens is 5. The quantitative estimate of drug-likeness (QED) is 0.165. The van der Waals surface area contributed by atoms with Crippen molar-refractivity contribution < 1.29 is 23.4 Å². The molecule has 0 unspecified atom stereocenters. The minimum atomic E-state index is -0.402. The van der Waals surface area contributed by atoms with E-state index in [4.69, 9.17) is 36.0 Å². The van der Waals surface area contributed by atoms with Crippen molar-refractivity contribution in [3.8, 4) is 16.9 Å². The molecule has 9 nitrogen and oxygen atoms in total.